The fourth-order valence-corrected chi connectivity index (χ4v) is 1.17. The maximum absolute atomic E-state index is 13.1. The van der Waals surface area contributed by atoms with E-state index in [2.05, 4.69) is 4.98 Å². The molecule has 12 heavy (non-hydrogen) atoms. The van der Waals surface area contributed by atoms with Crippen molar-refractivity contribution in [2.24, 2.45) is 0 Å². The number of aromatic nitrogens is 2. The molecular weight excluding hydrogens is 159 g/mol. The van der Waals surface area contributed by atoms with Crippen molar-refractivity contribution < 1.29 is 9.50 Å². The van der Waals surface area contributed by atoms with Gasteiger partial charge in [0, 0.05) is 0 Å². The van der Waals surface area contributed by atoms with Crippen LogP contribution in [0, 0.1) is 5.95 Å². The van der Waals surface area contributed by atoms with Crippen LogP contribution in [0.2, 0.25) is 0 Å². The first-order chi connectivity index (χ1) is 5.83. The molecule has 0 aliphatic heterocycles. The van der Waals surface area contributed by atoms with Gasteiger partial charge in [0.1, 0.15) is 5.65 Å². The zero-order valence-corrected chi connectivity index (χ0v) is 6.24. The molecule has 0 amide bonds. The van der Waals surface area contributed by atoms with Crippen LogP contribution >= 0.6 is 0 Å². The molecule has 0 radical (unpaired) electrons. The van der Waals surface area contributed by atoms with E-state index in [1.807, 2.05) is 0 Å². The van der Waals surface area contributed by atoms with Gasteiger partial charge in [-0.1, -0.05) is 6.07 Å². The van der Waals surface area contributed by atoms with Gasteiger partial charge in [0.15, 0.2) is 5.95 Å². The molecule has 0 saturated carbocycles. The number of fused-ring (bicyclic) bond motifs is 1. The lowest BCUT2D eigenvalue weighted by molar-refractivity contribution is 0.273. The Bertz CT molecular complexity index is 410. The van der Waals surface area contributed by atoms with Crippen LogP contribution in [0.15, 0.2) is 24.4 Å². The molecule has 2 rings (SSSR count). The third-order valence-electron chi connectivity index (χ3n) is 1.72. The van der Waals surface area contributed by atoms with E-state index in [1.54, 1.807) is 12.1 Å². The first-order valence-corrected chi connectivity index (χ1v) is 3.54. The van der Waals surface area contributed by atoms with Crippen molar-refractivity contribution in [1.29, 1.82) is 0 Å². The van der Waals surface area contributed by atoms with Crippen molar-refractivity contribution in [2.75, 3.05) is 0 Å². The third-order valence-corrected chi connectivity index (χ3v) is 1.72. The van der Waals surface area contributed by atoms with Crippen LogP contribution in [-0.4, -0.2) is 14.5 Å². The zero-order chi connectivity index (χ0) is 8.55. The van der Waals surface area contributed by atoms with Crippen LogP contribution in [0.3, 0.4) is 0 Å². The molecule has 1 N–H and O–H groups in total. The summed E-state index contributed by atoms with van der Waals surface area (Å²) in [5.41, 5.74) is 0.974. The van der Waals surface area contributed by atoms with Crippen LogP contribution < -0.4 is 0 Å². The van der Waals surface area contributed by atoms with Crippen molar-refractivity contribution in [3.8, 4) is 0 Å². The van der Waals surface area contributed by atoms with Gasteiger partial charge in [-0.2, -0.15) is 4.39 Å². The summed E-state index contributed by atoms with van der Waals surface area (Å²) >= 11 is 0. The SMILES string of the molecule is OCc1cnc2cccc(F)n12. The minimum Gasteiger partial charge on any atom is -0.390 e. The highest BCUT2D eigenvalue weighted by Gasteiger charge is 2.04. The van der Waals surface area contributed by atoms with Crippen LogP contribution in [0.25, 0.3) is 5.65 Å². The Morgan fingerprint density at radius 2 is 2.33 bits per heavy atom. The van der Waals surface area contributed by atoms with Crippen molar-refractivity contribution in [3.63, 3.8) is 0 Å². The van der Waals surface area contributed by atoms with E-state index in [-0.39, 0.29) is 6.61 Å². The van der Waals surface area contributed by atoms with Crippen LogP contribution in [0.4, 0.5) is 4.39 Å². The van der Waals surface area contributed by atoms with Gasteiger partial charge in [-0.15, -0.1) is 0 Å². The van der Waals surface area contributed by atoms with Crippen LogP contribution in [0.5, 0.6) is 0 Å². The molecule has 0 bridgehead atoms. The summed E-state index contributed by atoms with van der Waals surface area (Å²) in [6, 6.07) is 4.59. The van der Waals surface area contributed by atoms with Gasteiger partial charge in [0.05, 0.1) is 18.5 Å². The van der Waals surface area contributed by atoms with E-state index in [4.69, 9.17) is 5.11 Å². The summed E-state index contributed by atoms with van der Waals surface area (Å²) in [5.74, 6) is -0.408. The van der Waals surface area contributed by atoms with Crippen LogP contribution in [-0.2, 0) is 6.61 Å². The Morgan fingerprint density at radius 3 is 3.08 bits per heavy atom. The number of aliphatic hydroxyl groups is 1. The van der Waals surface area contributed by atoms with E-state index in [0.29, 0.717) is 11.3 Å². The molecule has 0 fully saturated rings. The smallest absolute Gasteiger partial charge is 0.199 e. The maximum Gasteiger partial charge on any atom is 0.199 e. The van der Waals surface area contributed by atoms with Crippen molar-refractivity contribution >= 4 is 5.65 Å². The molecule has 3 nitrogen and oxygen atoms in total. The van der Waals surface area contributed by atoms with Crippen molar-refractivity contribution in [3.05, 3.63) is 36.0 Å². The minimum atomic E-state index is -0.408. The van der Waals surface area contributed by atoms with E-state index in [0.717, 1.165) is 0 Å². The Kier molecular flexibility index (Phi) is 1.55. The zero-order valence-electron chi connectivity index (χ0n) is 6.24. The molecule has 0 aromatic carbocycles. The lowest BCUT2D eigenvalue weighted by Gasteiger charge is -1.98. The highest BCUT2D eigenvalue weighted by Crippen LogP contribution is 2.08. The standard InChI is InChI=1S/C8H7FN2O/c9-7-2-1-3-8-10-4-6(5-12)11(7)8/h1-4,12H,5H2. The lowest BCUT2D eigenvalue weighted by Crippen LogP contribution is -1.96. The van der Waals surface area contributed by atoms with Gasteiger partial charge in [-0.3, -0.25) is 4.40 Å². The molecule has 0 atom stereocenters. The van der Waals surface area contributed by atoms with Crippen LogP contribution in [0.1, 0.15) is 5.69 Å². The van der Waals surface area contributed by atoms with Gasteiger partial charge in [0.2, 0.25) is 0 Å². The number of halogens is 1. The summed E-state index contributed by atoms with van der Waals surface area (Å²) in [5, 5.41) is 8.82. The molecule has 0 unspecified atom stereocenters. The number of pyridine rings is 1. The molecule has 2 aromatic rings. The first kappa shape index (κ1) is 7.24. The number of aliphatic hydroxyl groups excluding tert-OH is 1. The summed E-state index contributed by atoms with van der Waals surface area (Å²) < 4.78 is 14.4. The molecular formula is C8H7FN2O. The molecule has 0 aliphatic rings. The first-order valence-electron chi connectivity index (χ1n) is 3.54. The molecule has 2 heterocycles. The largest absolute Gasteiger partial charge is 0.390 e. The summed E-state index contributed by atoms with van der Waals surface area (Å²) in [7, 11) is 0. The molecule has 0 saturated heterocycles. The monoisotopic (exact) mass is 166 g/mol. The normalized spacial score (nSPS) is 10.8. The Morgan fingerprint density at radius 1 is 1.50 bits per heavy atom. The Balaban J connectivity index is 2.83. The van der Waals surface area contributed by atoms with Crippen molar-refractivity contribution in [2.45, 2.75) is 6.61 Å². The minimum absolute atomic E-state index is 0.206. The van der Waals surface area contributed by atoms with E-state index >= 15 is 0 Å². The summed E-state index contributed by atoms with van der Waals surface area (Å²) in [6.07, 6.45) is 1.46. The highest BCUT2D eigenvalue weighted by atomic mass is 19.1. The fraction of sp³-hybridized carbons (Fsp3) is 0.125. The Labute approximate surface area is 68.1 Å². The second-order valence-electron chi connectivity index (χ2n) is 2.45. The number of imidazole rings is 1. The highest BCUT2D eigenvalue weighted by molar-refractivity contribution is 5.40. The molecule has 2 aromatic heterocycles. The van der Waals surface area contributed by atoms with Gasteiger partial charge < -0.3 is 5.11 Å². The van der Waals surface area contributed by atoms with E-state index in [9.17, 15) is 4.39 Å². The molecule has 0 aliphatic carbocycles. The summed E-state index contributed by atoms with van der Waals surface area (Å²) in [4.78, 5) is 3.91. The average molecular weight is 166 g/mol. The van der Waals surface area contributed by atoms with Gasteiger partial charge in [0.25, 0.3) is 0 Å². The number of hydrogen-bond acceptors (Lipinski definition) is 2. The second-order valence-corrected chi connectivity index (χ2v) is 2.45. The lowest BCUT2D eigenvalue weighted by atomic mass is 10.4. The predicted molar refractivity (Wildman–Crippen MR) is 41.1 cm³/mol. The second kappa shape index (κ2) is 2.57. The van der Waals surface area contributed by atoms with Gasteiger partial charge in [-0.25, -0.2) is 4.98 Å². The topological polar surface area (TPSA) is 37.5 Å². The number of hydrogen-bond donors (Lipinski definition) is 1. The molecule has 4 heteroatoms. The summed E-state index contributed by atoms with van der Waals surface area (Å²) in [6.45, 7) is -0.206. The van der Waals surface area contributed by atoms with E-state index < -0.39 is 5.95 Å². The average Bonchev–Trinajstić information content (AvgIpc) is 2.49. The quantitative estimate of drug-likeness (QED) is 0.641. The number of rotatable bonds is 1. The Hall–Kier alpha value is -1.42. The van der Waals surface area contributed by atoms with Crippen molar-refractivity contribution in [1.82, 2.24) is 9.38 Å². The fourth-order valence-electron chi connectivity index (χ4n) is 1.17. The van der Waals surface area contributed by atoms with E-state index in [1.165, 1.54) is 16.7 Å². The van der Waals surface area contributed by atoms with Gasteiger partial charge >= 0.3 is 0 Å². The maximum atomic E-state index is 13.1. The third kappa shape index (κ3) is 0.887. The van der Waals surface area contributed by atoms with Gasteiger partial charge in [-0.05, 0) is 12.1 Å². The predicted octanol–water partition coefficient (Wildman–Crippen LogP) is 0.966. The number of nitrogens with zero attached hydrogens (tertiary/aromatic N) is 2. The molecule has 0 spiro atoms. The molecule has 62 valence electrons.